The molecule has 0 N–H and O–H groups in total. The predicted octanol–water partition coefficient (Wildman–Crippen LogP) is 3.02. The van der Waals surface area contributed by atoms with Crippen LogP contribution in [-0.2, 0) is 0 Å². The largest absolute Gasteiger partial charge is 0.231 e. The molecule has 0 aromatic carbocycles. The molecule has 0 aliphatic rings. The molecule has 0 atom stereocenters. The van der Waals surface area contributed by atoms with E-state index < -0.39 is 0 Å². The average Bonchev–Trinajstić information content (AvgIpc) is 2.05. The van der Waals surface area contributed by atoms with Crippen molar-refractivity contribution >= 4 is 23.4 Å². The fourth-order valence-electron chi connectivity index (χ4n) is 0.697. The normalized spacial score (nSPS) is 10.2. The van der Waals surface area contributed by atoms with Crippen LogP contribution in [0.25, 0.3) is 0 Å². The maximum absolute atomic E-state index is 5.69. The standard InChI is InChI=1S/C8H11ClN2S/c1-2-3-6-12-8-10-5-4-7(9)11-8/h4-5H,2-3,6H2,1H3. The molecule has 0 bridgehead atoms. The van der Waals surface area contributed by atoms with Crippen molar-refractivity contribution in [2.24, 2.45) is 0 Å². The topological polar surface area (TPSA) is 25.8 Å². The molecule has 0 saturated heterocycles. The Balaban J connectivity index is 2.41. The Bertz CT molecular complexity index is 242. The minimum absolute atomic E-state index is 0.518. The lowest BCUT2D eigenvalue weighted by Gasteiger charge is -1.97. The Morgan fingerprint density at radius 2 is 2.42 bits per heavy atom. The molecule has 0 unspecified atom stereocenters. The van der Waals surface area contributed by atoms with Crippen LogP contribution in [0.5, 0.6) is 0 Å². The SMILES string of the molecule is CCCCSc1nccc(Cl)n1. The molecule has 0 saturated carbocycles. The lowest BCUT2D eigenvalue weighted by molar-refractivity contribution is 0.888. The molecule has 66 valence electrons. The monoisotopic (exact) mass is 202 g/mol. The van der Waals surface area contributed by atoms with Crippen LogP contribution in [0.1, 0.15) is 19.8 Å². The summed E-state index contributed by atoms with van der Waals surface area (Å²) in [5.74, 6) is 1.07. The smallest absolute Gasteiger partial charge is 0.188 e. The molecule has 1 rings (SSSR count). The minimum atomic E-state index is 0.518. The number of halogens is 1. The van der Waals surface area contributed by atoms with Crippen molar-refractivity contribution < 1.29 is 0 Å². The first-order valence-electron chi connectivity index (χ1n) is 3.94. The second kappa shape index (κ2) is 5.38. The second-order valence-electron chi connectivity index (χ2n) is 2.36. The van der Waals surface area contributed by atoms with E-state index in [1.165, 1.54) is 12.8 Å². The summed E-state index contributed by atoms with van der Waals surface area (Å²) in [6, 6.07) is 1.69. The first-order valence-corrected chi connectivity index (χ1v) is 5.30. The highest BCUT2D eigenvalue weighted by molar-refractivity contribution is 7.99. The number of thioether (sulfide) groups is 1. The maximum atomic E-state index is 5.69. The lowest BCUT2D eigenvalue weighted by atomic mass is 10.4. The Kier molecular flexibility index (Phi) is 4.40. The molecule has 0 spiro atoms. The van der Waals surface area contributed by atoms with Gasteiger partial charge in [0.05, 0.1) is 0 Å². The van der Waals surface area contributed by atoms with Crippen molar-refractivity contribution in [1.82, 2.24) is 9.97 Å². The Morgan fingerprint density at radius 1 is 1.58 bits per heavy atom. The van der Waals surface area contributed by atoms with Gasteiger partial charge in [-0.05, 0) is 12.5 Å². The summed E-state index contributed by atoms with van der Waals surface area (Å²) >= 11 is 7.35. The fourth-order valence-corrected chi connectivity index (χ4v) is 1.80. The summed E-state index contributed by atoms with van der Waals surface area (Å²) in [7, 11) is 0. The summed E-state index contributed by atoms with van der Waals surface area (Å²) in [4.78, 5) is 8.14. The highest BCUT2D eigenvalue weighted by Gasteiger charge is 1.96. The molecule has 0 aliphatic heterocycles. The molecule has 12 heavy (non-hydrogen) atoms. The zero-order valence-corrected chi connectivity index (χ0v) is 8.53. The van der Waals surface area contributed by atoms with E-state index in [0.29, 0.717) is 5.15 Å². The van der Waals surface area contributed by atoms with Crippen molar-refractivity contribution in [2.75, 3.05) is 5.75 Å². The molecule has 1 aromatic heterocycles. The minimum Gasteiger partial charge on any atom is -0.231 e. The van der Waals surface area contributed by atoms with Crippen LogP contribution in [0.2, 0.25) is 5.15 Å². The molecule has 4 heteroatoms. The molecule has 0 amide bonds. The summed E-state index contributed by atoms with van der Waals surface area (Å²) in [5, 5.41) is 1.29. The van der Waals surface area contributed by atoms with Gasteiger partial charge in [0.25, 0.3) is 0 Å². The van der Waals surface area contributed by atoms with E-state index >= 15 is 0 Å². The van der Waals surface area contributed by atoms with E-state index in [-0.39, 0.29) is 0 Å². The van der Waals surface area contributed by atoms with Crippen molar-refractivity contribution in [1.29, 1.82) is 0 Å². The van der Waals surface area contributed by atoms with Crippen LogP contribution in [0, 0.1) is 0 Å². The quantitative estimate of drug-likeness (QED) is 0.325. The number of unbranched alkanes of at least 4 members (excludes halogenated alkanes) is 1. The number of aromatic nitrogens is 2. The third kappa shape index (κ3) is 3.41. The van der Waals surface area contributed by atoms with Crippen molar-refractivity contribution in [3.05, 3.63) is 17.4 Å². The van der Waals surface area contributed by atoms with Gasteiger partial charge in [-0.25, -0.2) is 9.97 Å². The molecule has 1 heterocycles. The van der Waals surface area contributed by atoms with Crippen LogP contribution in [0.3, 0.4) is 0 Å². The molecule has 1 aromatic rings. The summed E-state index contributed by atoms with van der Waals surface area (Å²) < 4.78 is 0. The third-order valence-electron chi connectivity index (χ3n) is 1.33. The third-order valence-corrected chi connectivity index (χ3v) is 2.49. The number of rotatable bonds is 4. The van der Waals surface area contributed by atoms with E-state index in [1.807, 2.05) is 0 Å². The summed E-state index contributed by atoms with van der Waals surface area (Å²) in [6.07, 6.45) is 4.08. The first kappa shape index (κ1) is 9.81. The van der Waals surface area contributed by atoms with Crippen molar-refractivity contribution in [3.63, 3.8) is 0 Å². The number of hydrogen-bond acceptors (Lipinski definition) is 3. The van der Waals surface area contributed by atoms with Gasteiger partial charge in [-0.1, -0.05) is 36.7 Å². The maximum Gasteiger partial charge on any atom is 0.188 e. The lowest BCUT2D eigenvalue weighted by Crippen LogP contribution is -1.86. The van der Waals surface area contributed by atoms with E-state index in [4.69, 9.17) is 11.6 Å². The zero-order chi connectivity index (χ0) is 8.81. The zero-order valence-electron chi connectivity index (χ0n) is 6.96. The summed E-state index contributed by atoms with van der Waals surface area (Å²) in [6.45, 7) is 2.17. The highest BCUT2D eigenvalue weighted by Crippen LogP contribution is 2.15. The van der Waals surface area contributed by atoms with Crippen LogP contribution in [0.15, 0.2) is 17.4 Å². The molecule has 0 fully saturated rings. The van der Waals surface area contributed by atoms with Gasteiger partial charge in [0.1, 0.15) is 5.15 Å². The van der Waals surface area contributed by atoms with Crippen LogP contribution in [0.4, 0.5) is 0 Å². The fraction of sp³-hybridized carbons (Fsp3) is 0.500. The van der Waals surface area contributed by atoms with Gasteiger partial charge in [-0.2, -0.15) is 0 Å². The van der Waals surface area contributed by atoms with E-state index in [0.717, 1.165) is 10.9 Å². The second-order valence-corrected chi connectivity index (χ2v) is 3.81. The van der Waals surface area contributed by atoms with Gasteiger partial charge < -0.3 is 0 Å². The van der Waals surface area contributed by atoms with Crippen LogP contribution in [-0.4, -0.2) is 15.7 Å². The number of nitrogens with zero attached hydrogens (tertiary/aromatic N) is 2. The molecule has 2 nitrogen and oxygen atoms in total. The van der Waals surface area contributed by atoms with Gasteiger partial charge in [0.15, 0.2) is 5.16 Å². The van der Waals surface area contributed by atoms with Crippen LogP contribution < -0.4 is 0 Å². The predicted molar refractivity (Wildman–Crippen MR) is 52.7 cm³/mol. The van der Waals surface area contributed by atoms with Gasteiger partial charge in [0, 0.05) is 11.9 Å². The van der Waals surface area contributed by atoms with E-state index in [2.05, 4.69) is 16.9 Å². The van der Waals surface area contributed by atoms with Crippen molar-refractivity contribution in [3.8, 4) is 0 Å². The van der Waals surface area contributed by atoms with E-state index in [1.54, 1.807) is 24.0 Å². The highest BCUT2D eigenvalue weighted by atomic mass is 35.5. The summed E-state index contributed by atoms with van der Waals surface area (Å²) in [5.41, 5.74) is 0. The molecule has 0 aliphatic carbocycles. The Morgan fingerprint density at radius 3 is 3.08 bits per heavy atom. The van der Waals surface area contributed by atoms with Gasteiger partial charge >= 0.3 is 0 Å². The van der Waals surface area contributed by atoms with Gasteiger partial charge in [0.2, 0.25) is 0 Å². The Labute approximate surface area is 81.8 Å². The van der Waals surface area contributed by atoms with Crippen molar-refractivity contribution in [2.45, 2.75) is 24.9 Å². The molecular formula is C8H11ClN2S. The van der Waals surface area contributed by atoms with E-state index in [9.17, 15) is 0 Å². The van der Waals surface area contributed by atoms with Crippen LogP contribution >= 0.6 is 23.4 Å². The molecule has 0 radical (unpaired) electrons. The number of hydrogen-bond donors (Lipinski definition) is 0. The molecular weight excluding hydrogens is 192 g/mol. The average molecular weight is 203 g/mol. The Hall–Kier alpha value is -0.280. The van der Waals surface area contributed by atoms with Gasteiger partial charge in [-0.3, -0.25) is 0 Å². The first-order chi connectivity index (χ1) is 5.83. The van der Waals surface area contributed by atoms with Gasteiger partial charge in [-0.15, -0.1) is 0 Å².